The molecule has 1 fully saturated rings. The molecule has 0 saturated carbocycles. The minimum absolute atomic E-state index is 0.0463. The molecule has 0 atom stereocenters. The molecule has 154 valence electrons. The Morgan fingerprint density at radius 2 is 1.86 bits per heavy atom. The summed E-state index contributed by atoms with van der Waals surface area (Å²) in [4.78, 5) is 29.0. The summed E-state index contributed by atoms with van der Waals surface area (Å²) >= 11 is 6.04. The molecule has 2 aromatic rings. The Hall–Kier alpha value is -2.57. The molecule has 29 heavy (non-hydrogen) atoms. The van der Waals surface area contributed by atoms with Crippen LogP contribution in [0.15, 0.2) is 48.5 Å². The summed E-state index contributed by atoms with van der Waals surface area (Å²) in [6, 6.07) is 14.7. The van der Waals surface area contributed by atoms with Crippen molar-refractivity contribution < 1.29 is 14.3 Å². The van der Waals surface area contributed by atoms with Crippen molar-refractivity contribution in [3.8, 4) is 5.75 Å². The van der Waals surface area contributed by atoms with Crippen molar-refractivity contribution >= 4 is 23.4 Å². The minimum Gasteiger partial charge on any atom is -0.496 e. The maximum absolute atomic E-state index is 12.6. The molecule has 1 aliphatic rings. The summed E-state index contributed by atoms with van der Waals surface area (Å²) in [5.41, 5.74) is 1.54. The highest BCUT2D eigenvalue weighted by Gasteiger charge is 2.21. The van der Waals surface area contributed by atoms with E-state index in [9.17, 15) is 9.59 Å². The number of hydrogen-bond acceptors (Lipinski definition) is 4. The third-order valence-corrected chi connectivity index (χ3v) is 5.22. The van der Waals surface area contributed by atoms with Crippen LogP contribution in [0.2, 0.25) is 5.02 Å². The first kappa shape index (κ1) is 21.1. The Bertz CT molecular complexity index is 844. The molecule has 1 aliphatic heterocycles. The predicted octanol–water partition coefficient (Wildman–Crippen LogP) is 2.81. The number of ether oxygens (including phenoxy) is 1. The van der Waals surface area contributed by atoms with E-state index in [1.54, 1.807) is 25.3 Å². The molecule has 7 heteroatoms. The molecule has 0 aliphatic carbocycles. The Kier molecular flexibility index (Phi) is 7.49. The fourth-order valence-corrected chi connectivity index (χ4v) is 3.63. The van der Waals surface area contributed by atoms with E-state index in [1.165, 1.54) is 0 Å². The normalized spacial score (nSPS) is 14.9. The molecule has 0 unspecified atom stereocenters. The quantitative estimate of drug-likeness (QED) is 0.788. The monoisotopic (exact) mass is 415 g/mol. The van der Waals surface area contributed by atoms with Gasteiger partial charge in [-0.1, -0.05) is 29.8 Å². The molecule has 0 aromatic heterocycles. The van der Waals surface area contributed by atoms with Gasteiger partial charge in [0.2, 0.25) is 5.91 Å². The summed E-state index contributed by atoms with van der Waals surface area (Å²) in [6.07, 6.45) is 0.841. The van der Waals surface area contributed by atoms with Gasteiger partial charge < -0.3 is 15.0 Å². The van der Waals surface area contributed by atoms with Crippen molar-refractivity contribution in [3.63, 3.8) is 0 Å². The van der Waals surface area contributed by atoms with E-state index >= 15 is 0 Å². The number of benzene rings is 2. The number of amides is 2. The number of carbonyl (C=O) groups excluding carboxylic acids is 2. The summed E-state index contributed by atoms with van der Waals surface area (Å²) in [7, 11) is 1.59. The third kappa shape index (κ3) is 5.95. The lowest BCUT2D eigenvalue weighted by molar-refractivity contribution is -0.122. The van der Waals surface area contributed by atoms with Gasteiger partial charge in [0.25, 0.3) is 5.91 Å². The van der Waals surface area contributed by atoms with E-state index < -0.39 is 0 Å². The van der Waals surface area contributed by atoms with Gasteiger partial charge in [0.15, 0.2) is 0 Å². The smallest absolute Gasteiger partial charge is 0.253 e. The second-order valence-corrected chi connectivity index (χ2v) is 7.46. The molecule has 6 nitrogen and oxygen atoms in total. The lowest BCUT2D eigenvalue weighted by Crippen LogP contribution is -2.39. The van der Waals surface area contributed by atoms with Crippen LogP contribution in [0, 0.1) is 0 Å². The van der Waals surface area contributed by atoms with Gasteiger partial charge in [-0.2, -0.15) is 0 Å². The van der Waals surface area contributed by atoms with E-state index in [0.717, 1.165) is 18.5 Å². The molecule has 0 bridgehead atoms. The number of carbonyl (C=O) groups is 2. The van der Waals surface area contributed by atoms with Crippen LogP contribution in [0.3, 0.4) is 0 Å². The zero-order chi connectivity index (χ0) is 20.6. The topological polar surface area (TPSA) is 61.9 Å². The third-order valence-electron chi connectivity index (χ3n) is 4.98. The Balaban J connectivity index is 1.49. The van der Waals surface area contributed by atoms with Crippen LogP contribution in [0.1, 0.15) is 22.3 Å². The number of halogens is 1. The van der Waals surface area contributed by atoms with E-state index in [1.807, 2.05) is 35.2 Å². The molecular weight excluding hydrogens is 390 g/mol. The Morgan fingerprint density at radius 3 is 2.62 bits per heavy atom. The van der Waals surface area contributed by atoms with Gasteiger partial charge in [-0.15, -0.1) is 0 Å². The van der Waals surface area contributed by atoms with Crippen LogP contribution in [0.5, 0.6) is 5.75 Å². The summed E-state index contributed by atoms with van der Waals surface area (Å²) < 4.78 is 5.31. The highest BCUT2D eigenvalue weighted by atomic mass is 35.5. The van der Waals surface area contributed by atoms with Crippen molar-refractivity contribution in [1.29, 1.82) is 0 Å². The van der Waals surface area contributed by atoms with Gasteiger partial charge in [-0.3, -0.25) is 14.5 Å². The van der Waals surface area contributed by atoms with Crippen molar-refractivity contribution in [2.24, 2.45) is 0 Å². The lowest BCUT2D eigenvalue weighted by Gasteiger charge is -2.22. The van der Waals surface area contributed by atoms with Crippen LogP contribution < -0.4 is 10.1 Å². The van der Waals surface area contributed by atoms with Gasteiger partial charge in [-0.05, 0) is 36.8 Å². The number of rotatable bonds is 6. The van der Waals surface area contributed by atoms with E-state index in [2.05, 4.69) is 10.2 Å². The summed E-state index contributed by atoms with van der Waals surface area (Å²) in [5, 5.41) is 3.53. The zero-order valence-electron chi connectivity index (χ0n) is 16.6. The van der Waals surface area contributed by atoms with Crippen LogP contribution >= 0.6 is 11.6 Å². The second kappa shape index (κ2) is 10.3. The van der Waals surface area contributed by atoms with E-state index in [-0.39, 0.29) is 11.8 Å². The number of hydrogen-bond donors (Lipinski definition) is 1. The van der Waals surface area contributed by atoms with Crippen LogP contribution in [-0.2, 0) is 11.3 Å². The molecule has 2 amide bonds. The van der Waals surface area contributed by atoms with Gasteiger partial charge >= 0.3 is 0 Å². The van der Waals surface area contributed by atoms with Crippen LogP contribution in [0.25, 0.3) is 0 Å². The molecule has 3 rings (SSSR count). The highest BCUT2D eigenvalue weighted by molar-refractivity contribution is 6.30. The Morgan fingerprint density at radius 1 is 1.07 bits per heavy atom. The number of methoxy groups -OCH3 is 1. The van der Waals surface area contributed by atoms with Crippen LogP contribution in [0.4, 0.5) is 0 Å². The fraction of sp³-hybridized carbons (Fsp3) is 0.364. The molecule has 1 saturated heterocycles. The lowest BCUT2D eigenvalue weighted by atomic mass is 10.2. The maximum Gasteiger partial charge on any atom is 0.253 e. The van der Waals surface area contributed by atoms with Gasteiger partial charge in [0.05, 0.1) is 13.7 Å². The average Bonchev–Trinajstić information content (AvgIpc) is 2.98. The van der Waals surface area contributed by atoms with Crippen molar-refractivity contribution in [2.45, 2.75) is 13.0 Å². The zero-order valence-corrected chi connectivity index (χ0v) is 17.3. The SMILES string of the molecule is COc1ccc(Cl)cc1CNC(=O)CN1CCCN(C(=O)c2ccccc2)CC1. The van der Waals surface area contributed by atoms with E-state index in [0.29, 0.717) is 49.1 Å². The largest absolute Gasteiger partial charge is 0.496 e. The number of nitrogens with one attached hydrogen (secondary N) is 1. The standard InChI is InChI=1S/C22H26ClN3O3/c1-29-20-9-8-19(23)14-18(20)15-24-21(27)16-25-10-5-11-26(13-12-25)22(28)17-6-3-2-4-7-17/h2-4,6-9,14H,5,10-13,15-16H2,1H3,(H,24,27). The van der Waals surface area contributed by atoms with Crippen molar-refractivity contribution in [1.82, 2.24) is 15.1 Å². The minimum atomic E-state index is -0.0603. The highest BCUT2D eigenvalue weighted by Crippen LogP contribution is 2.22. The van der Waals surface area contributed by atoms with Crippen LogP contribution in [-0.4, -0.2) is 61.4 Å². The van der Waals surface area contributed by atoms with E-state index in [4.69, 9.17) is 16.3 Å². The summed E-state index contributed by atoms with van der Waals surface area (Å²) in [5.74, 6) is 0.680. The maximum atomic E-state index is 12.6. The molecule has 1 N–H and O–H groups in total. The van der Waals surface area contributed by atoms with Gasteiger partial charge in [0.1, 0.15) is 5.75 Å². The average molecular weight is 416 g/mol. The first-order valence-corrected chi connectivity index (χ1v) is 10.1. The van der Waals surface area contributed by atoms with Gasteiger partial charge in [-0.25, -0.2) is 0 Å². The second-order valence-electron chi connectivity index (χ2n) is 7.02. The van der Waals surface area contributed by atoms with Crippen molar-refractivity contribution in [3.05, 3.63) is 64.7 Å². The fourth-order valence-electron chi connectivity index (χ4n) is 3.43. The number of nitrogens with zero attached hydrogens (tertiary/aromatic N) is 2. The Labute approximate surface area is 176 Å². The van der Waals surface area contributed by atoms with Crippen molar-refractivity contribution in [2.75, 3.05) is 39.8 Å². The predicted molar refractivity (Wildman–Crippen MR) is 113 cm³/mol. The first-order valence-electron chi connectivity index (χ1n) is 9.72. The van der Waals surface area contributed by atoms with Gasteiger partial charge in [0, 0.05) is 48.9 Å². The molecule has 1 heterocycles. The molecule has 0 radical (unpaired) electrons. The molecule has 0 spiro atoms. The first-order chi connectivity index (χ1) is 14.1. The molecular formula is C22H26ClN3O3. The molecule has 2 aromatic carbocycles. The summed E-state index contributed by atoms with van der Waals surface area (Å²) in [6.45, 7) is 3.43.